The van der Waals surface area contributed by atoms with Crippen LogP contribution in [0.5, 0.6) is 0 Å². The number of ether oxygens (including phenoxy) is 1. The molecular weight excluding hydrogens is 444 g/mol. The van der Waals surface area contributed by atoms with Crippen molar-refractivity contribution in [1.29, 1.82) is 0 Å². The molecule has 2 amide bonds. The number of nitrogens with zero attached hydrogens (tertiary/aromatic N) is 1. The smallest absolute Gasteiger partial charge is 0.407 e. The van der Waals surface area contributed by atoms with Gasteiger partial charge >= 0.3 is 12.1 Å². The van der Waals surface area contributed by atoms with Gasteiger partial charge in [0.1, 0.15) is 12.6 Å². The number of carbonyl (C=O) groups is 3. The van der Waals surface area contributed by atoms with Crippen LogP contribution in [-0.2, 0) is 14.3 Å². The number of carboxylic acid groups (broad SMARTS) is 1. The fourth-order valence-electron chi connectivity index (χ4n) is 5.37. The Morgan fingerprint density at radius 1 is 1.06 bits per heavy atom. The standard InChI is InChI=1S/C28H34N2O5/c1-18(2)14-25(27(33)30-13-7-8-19(16-30)15-26(31)32)29-28(34)35-17-24-22-11-5-3-9-20(22)21-10-4-6-12-23(21)24/h3-6,9-12,18-19,24-25H,7-8,13-17H2,1-2H3,(H,29,34)(H,31,32). The summed E-state index contributed by atoms with van der Waals surface area (Å²) in [5.41, 5.74) is 4.58. The van der Waals surface area contributed by atoms with E-state index in [1.54, 1.807) is 4.90 Å². The predicted molar refractivity (Wildman–Crippen MR) is 133 cm³/mol. The molecule has 2 aromatic rings. The summed E-state index contributed by atoms with van der Waals surface area (Å²) >= 11 is 0. The highest BCUT2D eigenvalue weighted by Gasteiger charge is 2.33. The molecule has 186 valence electrons. The van der Waals surface area contributed by atoms with Crippen molar-refractivity contribution < 1.29 is 24.2 Å². The van der Waals surface area contributed by atoms with Gasteiger partial charge in [0.15, 0.2) is 0 Å². The van der Waals surface area contributed by atoms with Crippen LogP contribution in [0.15, 0.2) is 48.5 Å². The minimum Gasteiger partial charge on any atom is -0.481 e. The molecule has 0 spiro atoms. The van der Waals surface area contributed by atoms with Gasteiger partial charge in [-0.3, -0.25) is 9.59 Å². The van der Waals surface area contributed by atoms with E-state index >= 15 is 0 Å². The Morgan fingerprint density at radius 3 is 2.29 bits per heavy atom. The highest BCUT2D eigenvalue weighted by molar-refractivity contribution is 5.86. The number of carbonyl (C=O) groups excluding carboxylic acids is 2. The third-order valence-corrected chi connectivity index (χ3v) is 6.93. The number of piperidine rings is 1. The molecule has 1 aliphatic heterocycles. The Bertz CT molecular complexity index is 1040. The van der Waals surface area contributed by atoms with Gasteiger partial charge in [0, 0.05) is 25.4 Å². The third-order valence-electron chi connectivity index (χ3n) is 6.93. The second kappa shape index (κ2) is 10.9. The van der Waals surface area contributed by atoms with Crippen molar-refractivity contribution in [1.82, 2.24) is 10.2 Å². The summed E-state index contributed by atoms with van der Waals surface area (Å²) in [7, 11) is 0. The van der Waals surface area contributed by atoms with Crippen molar-refractivity contribution in [3.63, 3.8) is 0 Å². The van der Waals surface area contributed by atoms with E-state index in [1.807, 2.05) is 38.1 Å². The second-order valence-corrected chi connectivity index (χ2v) is 10.0. The van der Waals surface area contributed by atoms with Crippen LogP contribution in [0, 0.1) is 11.8 Å². The van der Waals surface area contributed by atoms with E-state index in [0.29, 0.717) is 19.5 Å². The number of hydrogen-bond acceptors (Lipinski definition) is 4. The zero-order chi connectivity index (χ0) is 24.9. The fraction of sp³-hybridized carbons (Fsp3) is 0.464. The number of fused-ring (bicyclic) bond motifs is 3. The van der Waals surface area contributed by atoms with Gasteiger partial charge in [-0.25, -0.2) is 4.79 Å². The predicted octanol–water partition coefficient (Wildman–Crippen LogP) is 4.65. The van der Waals surface area contributed by atoms with E-state index in [1.165, 1.54) is 0 Å². The Kier molecular flexibility index (Phi) is 7.73. The first-order chi connectivity index (χ1) is 16.8. The van der Waals surface area contributed by atoms with E-state index in [-0.39, 0.29) is 36.7 Å². The molecule has 0 saturated carbocycles. The Hall–Kier alpha value is -3.35. The summed E-state index contributed by atoms with van der Waals surface area (Å²) in [6.07, 6.45) is 1.50. The SMILES string of the molecule is CC(C)CC(NC(=O)OCC1c2ccccc2-c2ccccc21)C(=O)N1CCCC(CC(=O)O)C1. The van der Waals surface area contributed by atoms with Crippen molar-refractivity contribution in [2.45, 2.75) is 51.5 Å². The van der Waals surface area contributed by atoms with Crippen molar-refractivity contribution in [2.75, 3.05) is 19.7 Å². The molecule has 1 fully saturated rings. The van der Waals surface area contributed by atoms with Gasteiger partial charge in [0.05, 0.1) is 0 Å². The van der Waals surface area contributed by atoms with Gasteiger partial charge < -0.3 is 20.1 Å². The van der Waals surface area contributed by atoms with Gasteiger partial charge in [-0.15, -0.1) is 0 Å². The van der Waals surface area contributed by atoms with E-state index in [0.717, 1.165) is 35.1 Å². The van der Waals surface area contributed by atoms with Crippen LogP contribution in [0.3, 0.4) is 0 Å². The highest BCUT2D eigenvalue weighted by atomic mass is 16.5. The molecule has 2 aliphatic rings. The quantitative estimate of drug-likeness (QED) is 0.576. The molecule has 7 heteroatoms. The molecule has 2 aromatic carbocycles. The first kappa shape index (κ1) is 24.8. The van der Waals surface area contributed by atoms with Gasteiger partial charge in [0.2, 0.25) is 5.91 Å². The van der Waals surface area contributed by atoms with Crippen LogP contribution in [0.4, 0.5) is 4.79 Å². The molecule has 1 heterocycles. The summed E-state index contributed by atoms with van der Waals surface area (Å²) in [5, 5.41) is 11.9. The molecule has 0 bridgehead atoms. The first-order valence-corrected chi connectivity index (χ1v) is 12.5. The normalized spacial score (nSPS) is 18.0. The zero-order valence-corrected chi connectivity index (χ0v) is 20.4. The minimum absolute atomic E-state index is 0.0497. The second-order valence-electron chi connectivity index (χ2n) is 10.0. The Morgan fingerprint density at radius 2 is 1.69 bits per heavy atom. The van der Waals surface area contributed by atoms with Crippen molar-refractivity contribution >= 4 is 18.0 Å². The molecule has 2 unspecified atom stereocenters. The first-order valence-electron chi connectivity index (χ1n) is 12.5. The molecule has 4 rings (SSSR count). The number of carboxylic acids is 1. The summed E-state index contributed by atoms with van der Waals surface area (Å²) in [6.45, 7) is 5.18. The number of amides is 2. The highest BCUT2D eigenvalue weighted by Crippen LogP contribution is 2.44. The topological polar surface area (TPSA) is 95.9 Å². The molecule has 0 aromatic heterocycles. The summed E-state index contributed by atoms with van der Waals surface area (Å²) in [5.74, 6) is -0.926. The van der Waals surface area contributed by atoms with Gasteiger partial charge in [0.25, 0.3) is 0 Å². The molecule has 2 N–H and O–H groups in total. The average molecular weight is 479 g/mol. The number of hydrogen-bond donors (Lipinski definition) is 2. The molecule has 7 nitrogen and oxygen atoms in total. The number of nitrogens with one attached hydrogen (secondary N) is 1. The largest absolute Gasteiger partial charge is 0.481 e. The summed E-state index contributed by atoms with van der Waals surface area (Å²) < 4.78 is 5.66. The Balaban J connectivity index is 1.40. The van der Waals surface area contributed by atoms with E-state index in [2.05, 4.69) is 29.6 Å². The van der Waals surface area contributed by atoms with Crippen LogP contribution in [0.2, 0.25) is 0 Å². The number of benzene rings is 2. The van der Waals surface area contributed by atoms with Gasteiger partial charge in [-0.1, -0.05) is 62.4 Å². The van der Waals surface area contributed by atoms with Crippen LogP contribution in [0.1, 0.15) is 56.6 Å². The lowest BCUT2D eigenvalue weighted by Gasteiger charge is -2.35. The van der Waals surface area contributed by atoms with Gasteiger partial charge in [-0.05, 0) is 53.4 Å². The third kappa shape index (κ3) is 5.84. The van der Waals surface area contributed by atoms with E-state index in [9.17, 15) is 14.4 Å². The maximum atomic E-state index is 13.3. The number of rotatable bonds is 8. The lowest BCUT2D eigenvalue weighted by atomic mass is 9.93. The molecule has 35 heavy (non-hydrogen) atoms. The maximum absolute atomic E-state index is 13.3. The van der Waals surface area contributed by atoms with Crippen LogP contribution >= 0.6 is 0 Å². The zero-order valence-electron chi connectivity index (χ0n) is 20.4. The van der Waals surface area contributed by atoms with Gasteiger partial charge in [-0.2, -0.15) is 0 Å². The number of likely N-dealkylation sites (tertiary alicyclic amines) is 1. The van der Waals surface area contributed by atoms with Crippen molar-refractivity contribution in [2.24, 2.45) is 11.8 Å². The Labute approximate surface area is 206 Å². The minimum atomic E-state index is -0.847. The summed E-state index contributed by atoms with van der Waals surface area (Å²) in [6, 6.07) is 15.6. The number of alkyl carbamates (subject to hydrolysis) is 1. The van der Waals surface area contributed by atoms with E-state index < -0.39 is 18.1 Å². The van der Waals surface area contributed by atoms with Crippen LogP contribution in [-0.4, -0.2) is 53.7 Å². The molecule has 2 atom stereocenters. The van der Waals surface area contributed by atoms with Crippen LogP contribution < -0.4 is 5.32 Å². The van der Waals surface area contributed by atoms with Crippen molar-refractivity contribution in [3.05, 3.63) is 59.7 Å². The van der Waals surface area contributed by atoms with Crippen LogP contribution in [0.25, 0.3) is 11.1 Å². The number of aliphatic carboxylic acids is 1. The van der Waals surface area contributed by atoms with E-state index in [4.69, 9.17) is 9.84 Å². The molecule has 0 radical (unpaired) electrons. The fourth-order valence-corrected chi connectivity index (χ4v) is 5.37. The molecular formula is C28H34N2O5. The monoisotopic (exact) mass is 478 g/mol. The molecule has 1 aliphatic carbocycles. The molecule has 1 saturated heterocycles. The summed E-state index contributed by atoms with van der Waals surface area (Å²) in [4.78, 5) is 39.0. The van der Waals surface area contributed by atoms with Crippen molar-refractivity contribution in [3.8, 4) is 11.1 Å². The average Bonchev–Trinajstić information content (AvgIpc) is 3.15. The lowest BCUT2D eigenvalue weighted by Crippen LogP contribution is -2.52. The maximum Gasteiger partial charge on any atom is 0.407 e. The lowest BCUT2D eigenvalue weighted by molar-refractivity contribution is -0.141.